The van der Waals surface area contributed by atoms with Crippen molar-refractivity contribution in [3.63, 3.8) is 0 Å². The van der Waals surface area contributed by atoms with E-state index in [2.05, 4.69) is 17.2 Å². The summed E-state index contributed by atoms with van der Waals surface area (Å²) in [4.78, 5) is 24.4. The highest BCUT2D eigenvalue weighted by molar-refractivity contribution is 7.89. The van der Waals surface area contributed by atoms with E-state index in [9.17, 15) is 26.8 Å². The molecule has 1 aliphatic rings. The molecule has 1 atom stereocenters. The topological polar surface area (TPSA) is 95.6 Å². The van der Waals surface area contributed by atoms with E-state index in [1.54, 1.807) is 27.7 Å². The lowest BCUT2D eigenvalue weighted by molar-refractivity contribution is -0.117. The summed E-state index contributed by atoms with van der Waals surface area (Å²) in [6, 6.07) is 8.38. The van der Waals surface area contributed by atoms with Crippen LogP contribution in [0.2, 0.25) is 0 Å². The first-order chi connectivity index (χ1) is 16.2. The molecule has 1 heterocycles. The number of nitrogens with zero attached hydrogens (tertiary/aromatic N) is 1. The molecular formula is C25H29F2N3O4S. The van der Waals surface area contributed by atoms with Crippen molar-refractivity contribution in [2.45, 2.75) is 62.7 Å². The molecule has 0 spiro atoms. The minimum atomic E-state index is -3.99. The Balaban J connectivity index is 1.79. The third-order valence-corrected chi connectivity index (χ3v) is 8.54. The number of hydrogen-bond acceptors (Lipinski definition) is 4. The van der Waals surface area contributed by atoms with Gasteiger partial charge in [-0.3, -0.25) is 9.59 Å². The number of amides is 2. The van der Waals surface area contributed by atoms with Crippen molar-refractivity contribution in [1.29, 1.82) is 0 Å². The highest BCUT2D eigenvalue weighted by Gasteiger charge is 2.57. The Labute approximate surface area is 204 Å². The molecule has 0 radical (unpaired) electrons. The normalized spacial score (nSPS) is 19.2. The van der Waals surface area contributed by atoms with Gasteiger partial charge in [0.05, 0.1) is 10.4 Å². The highest BCUT2D eigenvalue weighted by Crippen LogP contribution is 2.44. The summed E-state index contributed by atoms with van der Waals surface area (Å²) < 4.78 is 55.1. The van der Waals surface area contributed by atoms with E-state index in [0.717, 1.165) is 18.2 Å². The lowest BCUT2D eigenvalue weighted by Crippen LogP contribution is -2.56. The number of sulfonamides is 1. The van der Waals surface area contributed by atoms with Crippen LogP contribution in [0.4, 0.5) is 8.78 Å². The fourth-order valence-corrected chi connectivity index (χ4v) is 6.83. The van der Waals surface area contributed by atoms with Gasteiger partial charge in [0.15, 0.2) is 11.6 Å². The number of carbonyl (C=O) groups excluding carboxylic acids is 2. The summed E-state index contributed by atoms with van der Waals surface area (Å²) >= 11 is 0. The van der Waals surface area contributed by atoms with E-state index in [1.165, 1.54) is 34.6 Å². The van der Waals surface area contributed by atoms with Gasteiger partial charge in [-0.05, 0) is 82.2 Å². The number of nitrogens with one attached hydrogen (secondary N) is 2. The maximum atomic E-state index is 13.6. The third-order valence-electron chi connectivity index (χ3n) is 6.22. The number of halogens is 2. The molecule has 2 aromatic rings. The summed E-state index contributed by atoms with van der Waals surface area (Å²) in [5.41, 5.74) is -1.13. The van der Waals surface area contributed by atoms with Crippen LogP contribution in [0.15, 0.2) is 60.0 Å². The van der Waals surface area contributed by atoms with Crippen LogP contribution in [0.5, 0.6) is 0 Å². The zero-order valence-electron chi connectivity index (χ0n) is 20.1. The average molecular weight is 506 g/mol. The molecule has 2 amide bonds. The molecule has 0 bridgehead atoms. The SMILES string of the molecule is C=CC(=O)NC1CC(C)(C)N(S(=O)(=O)c2ccc(C(=O)NCc3ccc(F)c(F)c3)cc2)C1(C)C. The molecule has 188 valence electrons. The van der Waals surface area contributed by atoms with Crippen molar-refractivity contribution in [2.75, 3.05) is 0 Å². The Bertz CT molecular complexity index is 1260. The zero-order chi connectivity index (χ0) is 26.2. The van der Waals surface area contributed by atoms with Gasteiger partial charge in [-0.1, -0.05) is 12.6 Å². The fraction of sp³-hybridized carbons (Fsp3) is 0.360. The van der Waals surface area contributed by atoms with E-state index in [0.29, 0.717) is 12.0 Å². The van der Waals surface area contributed by atoms with Crippen molar-refractivity contribution >= 4 is 21.8 Å². The molecule has 1 fully saturated rings. The second kappa shape index (κ2) is 9.50. The molecule has 2 aromatic carbocycles. The number of benzene rings is 2. The average Bonchev–Trinajstić information content (AvgIpc) is 2.97. The first-order valence-corrected chi connectivity index (χ1v) is 12.4. The maximum absolute atomic E-state index is 13.6. The van der Waals surface area contributed by atoms with Crippen molar-refractivity contribution in [2.24, 2.45) is 0 Å². The number of carbonyl (C=O) groups is 2. The Morgan fingerprint density at radius 1 is 1.09 bits per heavy atom. The quantitative estimate of drug-likeness (QED) is 0.563. The fourth-order valence-electron chi connectivity index (χ4n) is 4.66. The van der Waals surface area contributed by atoms with Crippen molar-refractivity contribution < 1.29 is 26.8 Å². The van der Waals surface area contributed by atoms with Gasteiger partial charge in [0.1, 0.15) is 0 Å². The van der Waals surface area contributed by atoms with Crippen LogP contribution in [0.3, 0.4) is 0 Å². The number of rotatable bonds is 7. The highest BCUT2D eigenvalue weighted by atomic mass is 32.2. The van der Waals surface area contributed by atoms with Gasteiger partial charge < -0.3 is 10.6 Å². The standard InChI is InChI=1S/C25H29F2N3O4S/c1-6-22(31)29-21-14-24(2,3)30(25(21,4)5)35(33,34)18-10-8-17(9-11-18)23(32)28-15-16-7-12-19(26)20(27)13-16/h6-13,21H,1,14-15H2,2-5H3,(H,28,32)(H,29,31). The smallest absolute Gasteiger partial charge is 0.251 e. The van der Waals surface area contributed by atoms with Crippen LogP contribution in [0, 0.1) is 11.6 Å². The van der Waals surface area contributed by atoms with E-state index in [4.69, 9.17) is 0 Å². The molecular weight excluding hydrogens is 476 g/mol. The molecule has 1 unspecified atom stereocenters. The molecule has 7 nitrogen and oxygen atoms in total. The second-order valence-electron chi connectivity index (χ2n) is 9.66. The minimum Gasteiger partial charge on any atom is -0.348 e. The van der Waals surface area contributed by atoms with E-state index in [-0.39, 0.29) is 22.9 Å². The summed E-state index contributed by atoms with van der Waals surface area (Å²) in [6.07, 6.45) is 1.56. The molecule has 0 saturated carbocycles. The summed E-state index contributed by atoms with van der Waals surface area (Å²) in [5, 5.41) is 5.42. The summed E-state index contributed by atoms with van der Waals surface area (Å²) in [7, 11) is -3.99. The number of hydrogen-bond donors (Lipinski definition) is 2. The van der Waals surface area contributed by atoms with Gasteiger partial charge in [0.25, 0.3) is 5.91 Å². The lowest BCUT2D eigenvalue weighted by Gasteiger charge is -2.40. The predicted molar refractivity (Wildman–Crippen MR) is 128 cm³/mol. The largest absolute Gasteiger partial charge is 0.348 e. The van der Waals surface area contributed by atoms with Crippen LogP contribution in [0.1, 0.15) is 50.0 Å². The van der Waals surface area contributed by atoms with Crippen molar-refractivity contribution in [3.8, 4) is 0 Å². The molecule has 1 saturated heterocycles. The van der Waals surface area contributed by atoms with Crippen LogP contribution >= 0.6 is 0 Å². The zero-order valence-corrected chi connectivity index (χ0v) is 20.9. The Kier molecular flexibility index (Phi) is 7.19. The van der Waals surface area contributed by atoms with Crippen LogP contribution in [-0.2, 0) is 21.4 Å². The Morgan fingerprint density at radius 2 is 1.71 bits per heavy atom. The molecule has 0 aliphatic carbocycles. The van der Waals surface area contributed by atoms with Gasteiger partial charge in [-0.2, -0.15) is 4.31 Å². The minimum absolute atomic E-state index is 0.00602. The summed E-state index contributed by atoms with van der Waals surface area (Å²) in [5.74, 6) is -2.86. The Morgan fingerprint density at radius 3 is 2.29 bits per heavy atom. The summed E-state index contributed by atoms with van der Waals surface area (Å²) in [6.45, 7) is 10.5. The monoisotopic (exact) mass is 505 g/mol. The Hall–Kier alpha value is -3.11. The van der Waals surface area contributed by atoms with Gasteiger partial charge in [-0.25, -0.2) is 17.2 Å². The van der Waals surface area contributed by atoms with Crippen LogP contribution in [0.25, 0.3) is 0 Å². The van der Waals surface area contributed by atoms with Crippen molar-refractivity contribution in [3.05, 3.63) is 77.9 Å². The maximum Gasteiger partial charge on any atom is 0.251 e. The van der Waals surface area contributed by atoms with E-state index < -0.39 is 44.7 Å². The van der Waals surface area contributed by atoms with Gasteiger partial charge in [-0.15, -0.1) is 0 Å². The molecule has 0 aromatic heterocycles. The van der Waals surface area contributed by atoms with Crippen molar-refractivity contribution in [1.82, 2.24) is 14.9 Å². The van der Waals surface area contributed by atoms with Gasteiger partial charge in [0, 0.05) is 23.7 Å². The lowest BCUT2D eigenvalue weighted by atomic mass is 9.94. The van der Waals surface area contributed by atoms with E-state index >= 15 is 0 Å². The molecule has 2 N–H and O–H groups in total. The molecule has 10 heteroatoms. The first-order valence-electron chi connectivity index (χ1n) is 11.0. The van der Waals surface area contributed by atoms with Crippen LogP contribution < -0.4 is 10.6 Å². The molecule has 1 aliphatic heterocycles. The third kappa shape index (κ3) is 5.28. The molecule has 35 heavy (non-hydrogen) atoms. The van der Waals surface area contributed by atoms with Gasteiger partial charge in [0.2, 0.25) is 15.9 Å². The second-order valence-corrected chi connectivity index (χ2v) is 11.4. The first kappa shape index (κ1) is 26.5. The van der Waals surface area contributed by atoms with Crippen LogP contribution in [-0.4, -0.2) is 41.7 Å². The van der Waals surface area contributed by atoms with E-state index in [1.807, 2.05) is 0 Å². The van der Waals surface area contributed by atoms with Gasteiger partial charge >= 0.3 is 0 Å². The molecule has 3 rings (SSSR count). The predicted octanol–water partition coefficient (Wildman–Crippen LogP) is 3.52.